The van der Waals surface area contributed by atoms with E-state index in [0.717, 1.165) is 13.1 Å². The second-order valence-electron chi connectivity index (χ2n) is 6.07. The Kier molecular flexibility index (Phi) is 5.15. The van der Waals surface area contributed by atoms with Crippen LogP contribution in [0.15, 0.2) is 24.3 Å². The molecule has 0 atom stereocenters. The largest absolute Gasteiger partial charge is 0.335 e. The number of halogens is 2. The van der Waals surface area contributed by atoms with Gasteiger partial charge in [-0.1, -0.05) is 11.6 Å². The standard InChI is InChI=1S/C17H19ClFN5O/c1-11-9-15(16(25)24-7-5-23(2)6-8-24)22-17(20-11)21-12-3-4-14(19)13(18)10-12/h3-4,9-10H,5-8H2,1-2H3,(H,20,21,22). The summed E-state index contributed by atoms with van der Waals surface area (Å²) in [6.45, 7) is 4.83. The predicted molar refractivity (Wildman–Crippen MR) is 94.9 cm³/mol. The Balaban J connectivity index is 1.80. The Morgan fingerprint density at radius 2 is 1.92 bits per heavy atom. The topological polar surface area (TPSA) is 61.4 Å². The van der Waals surface area contributed by atoms with Gasteiger partial charge in [-0.2, -0.15) is 0 Å². The van der Waals surface area contributed by atoms with Crippen molar-refractivity contribution < 1.29 is 9.18 Å². The lowest BCUT2D eigenvalue weighted by atomic mass is 10.2. The van der Waals surface area contributed by atoms with Crippen molar-refractivity contribution in [3.63, 3.8) is 0 Å². The molecule has 0 bridgehead atoms. The maximum atomic E-state index is 13.3. The lowest BCUT2D eigenvalue weighted by Crippen LogP contribution is -2.47. The number of amides is 1. The van der Waals surface area contributed by atoms with Gasteiger partial charge in [0.1, 0.15) is 11.5 Å². The molecule has 3 rings (SSSR count). The van der Waals surface area contributed by atoms with Crippen LogP contribution in [-0.2, 0) is 0 Å². The zero-order valence-corrected chi connectivity index (χ0v) is 14.8. The van der Waals surface area contributed by atoms with Crippen LogP contribution < -0.4 is 5.32 Å². The lowest BCUT2D eigenvalue weighted by Gasteiger charge is -2.32. The Morgan fingerprint density at radius 1 is 1.20 bits per heavy atom. The minimum absolute atomic E-state index is 0.00592. The fourth-order valence-electron chi connectivity index (χ4n) is 2.61. The highest BCUT2D eigenvalue weighted by Crippen LogP contribution is 2.22. The third-order valence-corrected chi connectivity index (χ3v) is 4.33. The summed E-state index contributed by atoms with van der Waals surface area (Å²) in [5, 5.41) is 2.97. The highest BCUT2D eigenvalue weighted by atomic mass is 35.5. The molecule has 1 aromatic carbocycles. The fraction of sp³-hybridized carbons (Fsp3) is 0.353. The maximum absolute atomic E-state index is 13.3. The fourth-order valence-corrected chi connectivity index (χ4v) is 2.79. The normalized spacial score (nSPS) is 15.3. The van der Waals surface area contributed by atoms with Crippen LogP contribution in [0.3, 0.4) is 0 Å². The van der Waals surface area contributed by atoms with Crippen molar-refractivity contribution in [3.8, 4) is 0 Å². The number of likely N-dealkylation sites (N-methyl/N-ethyl adjacent to an activating group) is 1. The number of anilines is 2. The number of carbonyl (C=O) groups excluding carboxylic acids is 1. The van der Waals surface area contributed by atoms with Gasteiger partial charge in [-0.3, -0.25) is 4.79 Å². The third kappa shape index (κ3) is 4.24. The zero-order valence-electron chi connectivity index (χ0n) is 14.1. The van der Waals surface area contributed by atoms with E-state index in [1.54, 1.807) is 17.9 Å². The first-order valence-electron chi connectivity index (χ1n) is 7.98. The average molecular weight is 364 g/mol. The number of nitrogens with one attached hydrogen (secondary N) is 1. The second kappa shape index (κ2) is 7.33. The first-order valence-corrected chi connectivity index (χ1v) is 8.36. The Labute approximate surface area is 150 Å². The minimum Gasteiger partial charge on any atom is -0.335 e. The predicted octanol–water partition coefficient (Wildman–Crippen LogP) is 2.71. The van der Waals surface area contributed by atoms with E-state index in [0.29, 0.717) is 30.2 Å². The summed E-state index contributed by atoms with van der Waals surface area (Å²) in [6.07, 6.45) is 0. The quantitative estimate of drug-likeness (QED) is 0.908. The number of rotatable bonds is 3. The molecule has 1 aromatic heterocycles. The van der Waals surface area contributed by atoms with Crippen molar-refractivity contribution in [2.45, 2.75) is 6.92 Å². The van der Waals surface area contributed by atoms with Crippen molar-refractivity contribution in [2.75, 3.05) is 38.5 Å². The maximum Gasteiger partial charge on any atom is 0.272 e. The van der Waals surface area contributed by atoms with Crippen molar-refractivity contribution in [1.29, 1.82) is 0 Å². The van der Waals surface area contributed by atoms with E-state index >= 15 is 0 Å². The highest BCUT2D eigenvalue weighted by molar-refractivity contribution is 6.31. The van der Waals surface area contributed by atoms with E-state index in [1.807, 2.05) is 7.05 Å². The average Bonchev–Trinajstić information content (AvgIpc) is 2.58. The van der Waals surface area contributed by atoms with Crippen molar-refractivity contribution in [2.24, 2.45) is 0 Å². The van der Waals surface area contributed by atoms with Gasteiger partial charge < -0.3 is 15.1 Å². The molecule has 0 aliphatic carbocycles. The molecule has 132 valence electrons. The van der Waals surface area contributed by atoms with Crippen LogP contribution in [0.5, 0.6) is 0 Å². The third-order valence-electron chi connectivity index (χ3n) is 4.04. The summed E-state index contributed by atoms with van der Waals surface area (Å²) in [5.41, 5.74) is 1.56. The summed E-state index contributed by atoms with van der Waals surface area (Å²) in [5.74, 6) is -0.331. The summed E-state index contributed by atoms with van der Waals surface area (Å²) in [7, 11) is 2.03. The van der Waals surface area contributed by atoms with E-state index in [9.17, 15) is 9.18 Å². The van der Waals surface area contributed by atoms with Gasteiger partial charge in [0, 0.05) is 37.6 Å². The number of nitrogens with zero attached hydrogens (tertiary/aromatic N) is 4. The van der Waals surface area contributed by atoms with Gasteiger partial charge >= 0.3 is 0 Å². The molecule has 8 heteroatoms. The molecule has 1 fully saturated rings. The molecule has 2 aromatic rings. The van der Waals surface area contributed by atoms with Crippen molar-refractivity contribution in [1.82, 2.24) is 19.8 Å². The van der Waals surface area contributed by atoms with Gasteiger partial charge in [0.15, 0.2) is 0 Å². The first-order chi connectivity index (χ1) is 11.9. The number of benzene rings is 1. The Hall–Kier alpha value is -2.25. The van der Waals surface area contributed by atoms with Crippen LogP contribution in [0.4, 0.5) is 16.0 Å². The Bertz CT molecular complexity index is 793. The molecule has 25 heavy (non-hydrogen) atoms. The highest BCUT2D eigenvalue weighted by Gasteiger charge is 2.22. The van der Waals surface area contributed by atoms with Gasteiger partial charge in [-0.15, -0.1) is 0 Å². The van der Waals surface area contributed by atoms with E-state index in [-0.39, 0.29) is 16.9 Å². The molecular formula is C17H19ClFN5O. The monoisotopic (exact) mass is 363 g/mol. The van der Waals surface area contributed by atoms with Crippen LogP contribution in [0.2, 0.25) is 5.02 Å². The first kappa shape index (κ1) is 17.6. The Morgan fingerprint density at radius 3 is 2.60 bits per heavy atom. The molecule has 1 N–H and O–H groups in total. The molecular weight excluding hydrogens is 345 g/mol. The van der Waals surface area contributed by atoms with Crippen molar-refractivity contribution in [3.05, 3.63) is 46.5 Å². The number of aryl methyl sites for hydroxylation is 1. The lowest BCUT2D eigenvalue weighted by molar-refractivity contribution is 0.0658. The van der Waals surface area contributed by atoms with Crippen molar-refractivity contribution >= 4 is 29.1 Å². The number of hydrogen-bond donors (Lipinski definition) is 1. The molecule has 0 saturated carbocycles. The molecule has 0 spiro atoms. The van der Waals surface area contributed by atoms with Gasteiger partial charge in [0.05, 0.1) is 5.02 Å². The molecule has 1 aliphatic rings. The van der Waals surface area contributed by atoms with E-state index in [4.69, 9.17) is 11.6 Å². The molecule has 1 amide bonds. The van der Waals surface area contributed by atoms with Crippen LogP contribution in [0, 0.1) is 12.7 Å². The summed E-state index contributed by atoms with van der Waals surface area (Å²) in [6, 6.07) is 5.92. The van der Waals surface area contributed by atoms with Crippen LogP contribution >= 0.6 is 11.6 Å². The zero-order chi connectivity index (χ0) is 18.0. The minimum atomic E-state index is -0.497. The number of piperazine rings is 1. The molecule has 0 unspecified atom stereocenters. The molecule has 0 radical (unpaired) electrons. The summed E-state index contributed by atoms with van der Waals surface area (Å²) >= 11 is 5.79. The number of aromatic nitrogens is 2. The van der Waals surface area contributed by atoms with Gasteiger partial charge in [-0.25, -0.2) is 14.4 Å². The number of hydrogen-bond acceptors (Lipinski definition) is 5. The number of carbonyl (C=O) groups is 1. The van der Waals surface area contributed by atoms with Gasteiger partial charge in [-0.05, 0) is 38.2 Å². The van der Waals surface area contributed by atoms with Gasteiger partial charge in [0.25, 0.3) is 5.91 Å². The van der Waals surface area contributed by atoms with Crippen LogP contribution in [0.1, 0.15) is 16.2 Å². The van der Waals surface area contributed by atoms with E-state index in [2.05, 4.69) is 20.2 Å². The molecule has 2 heterocycles. The SMILES string of the molecule is Cc1cc(C(=O)N2CCN(C)CC2)nc(Nc2ccc(F)c(Cl)c2)n1. The summed E-state index contributed by atoms with van der Waals surface area (Å²) in [4.78, 5) is 25.2. The second-order valence-corrected chi connectivity index (χ2v) is 6.47. The van der Waals surface area contributed by atoms with Crippen LogP contribution in [-0.4, -0.2) is 58.9 Å². The summed E-state index contributed by atoms with van der Waals surface area (Å²) < 4.78 is 13.3. The van der Waals surface area contributed by atoms with Gasteiger partial charge in [0.2, 0.25) is 5.95 Å². The van der Waals surface area contributed by atoms with E-state index in [1.165, 1.54) is 18.2 Å². The molecule has 1 saturated heterocycles. The van der Waals surface area contributed by atoms with E-state index < -0.39 is 5.82 Å². The van der Waals surface area contributed by atoms with Crippen LogP contribution in [0.25, 0.3) is 0 Å². The molecule has 1 aliphatic heterocycles. The smallest absolute Gasteiger partial charge is 0.272 e. The molecule has 6 nitrogen and oxygen atoms in total.